The molecule has 8 nitrogen and oxygen atoms in total. The van der Waals surface area contributed by atoms with Gasteiger partial charge in [-0.25, -0.2) is 19.3 Å². The van der Waals surface area contributed by atoms with Crippen molar-refractivity contribution in [2.75, 3.05) is 17.2 Å². The van der Waals surface area contributed by atoms with Crippen LogP contribution >= 0.6 is 23.2 Å². The predicted octanol–water partition coefficient (Wildman–Crippen LogP) is 5.67. The third-order valence-electron chi connectivity index (χ3n) is 7.49. The number of halogens is 6. The summed E-state index contributed by atoms with van der Waals surface area (Å²) in [7, 11) is 1.72. The summed E-state index contributed by atoms with van der Waals surface area (Å²) in [5, 5.41) is 15.9. The molecule has 2 aliphatic rings. The molecule has 1 aromatic carbocycles. The summed E-state index contributed by atoms with van der Waals surface area (Å²) in [6.07, 6.45) is -0.0943. The Balaban J connectivity index is 1.22. The fourth-order valence-corrected chi connectivity index (χ4v) is 6.22. The summed E-state index contributed by atoms with van der Waals surface area (Å²) in [6.45, 7) is 0.0594. The van der Waals surface area contributed by atoms with E-state index in [0.29, 0.717) is 36.1 Å². The number of carbonyl (C=O) groups is 1. The first-order valence-corrected chi connectivity index (χ1v) is 12.9. The van der Waals surface area contributed by atoms with Crippen molar-refractivity contribution in [2.45, 2.75) is 43.4 Å². The Bertz CT molecular complexity index is 1400. The van der Waals surface area contributed by atoms with Crippen LogP contribution in [0.25, 0.3) is 0 Å². The number of aromatic nitrogens is 4. The SMILES string of the molecule is Cn1cnc(C2CC3CC(O)(CNc4ncc(C(F)(F)F)c(Cl)n4)CC3C2)c1C(=O)Nc1ccc(F)c(Cl)c1. The van der Waals surface area contributed by atoms with E-state index in [1.165, 1.54) is 18.2 Å². The van der Waals surface area contributed by atoms with Crippen LogP contribution in [0.15, 0.2) is 30.7 Å². The van der Waals surface area contributed by atoms with Crippen LogP contribution in [0.5, 0.6) is 0 Å². The number of hydrogen-bond acceptors (Lipinski definition) is 6. The van der Waals surface area contributed by atoms with Crippen molar-refractivity contribution in [3.8, 4) is 0 Å². The van der Waals surface area contributed by atoms with Crippen molar-refractivity contribution in [1.29, 1.82) is 0 Å². The monoisotopic (exact) mass is 586 g/mol. The lowest BCUT2D eigenvalue weighted by molar-refractivity contribution is -0.137. The van der Waals surface area contributed by atoms with Gasteiger partial charge in [0.15, 0.2) is 0 Å². The first-order valence-electron chi connectivity index (χ1n) is 12.2. The quantitative estimate of drug-likeness (QED) is 0.254. The molecule has 0 saturated heterocycles. The van der Waals surface area contributed by atoms with E-state index in [4.69, 9.17) is 23.2 Å². The number of imidazole rings is 1. The van der Waals surface area contributed by atoms with Crippen LogP contribution in [-0.4, -0.2) is 42.7 Å². The van der Waals surface area contributed by atoms with Gasteiger partial charge in [0.1, 0.15) is 22.2 Å². The Morgan fingerprint density at radius 3 is 2.51 bits per heavy atom. The number of benzene rings is 1. The average Bonchev–Trinajstić information content (AvgIpc) is 3.50. The molecule has 5 rings (SSSR count). The topological polar surface area (TPSA) is 105 Å². The minimum Gasteiger partial charge on any atom is -0.388 e. The van der Waals surface area contributed by atoms with E-state index in [1.54, 1.807) is 17.9 Å². The zero-order chi connectivity index (χ0) is 28.1. The summed E-state index contributed by atoms with van der Waals surface area (Å²) in [4.78, 5) is 24.9. The molecule has 3 N–H and O–H groups in total. The molecule has 2 atom stereocenters. The number of nitrogens with zero attached hydrogens (tertiary/aromatic N) is 4. The fraction of sp³-hybridized carbons (Fsp3) is 0.440. The number of hydrogen-bond donors (Lipinski definition) is 3. The van der Waals surface area contributed by atoms with Crippen LogP contribution in [0.1, 0.15) is 53.3 Å². The van der Waals surface area contributed by atoms with Gasteiger partial charge in [-0.15, -0.1) is 0 Å². The summed E-state index contributed by atoms with van der Waals surface area (Å²) >= 11 is 11.5. The van der Waals surface area contributed by atoms with Gasteiger partial charge < -0.3 is 20.3 Å². The Hall–Kier alpha value is -2.96. The highest BCUT2D eigenvalue weighted by Gasteiger charge is 2.49. The molecule has 39 heavy (non-hydrogen) atoms. The van der Waals surface area contributed by atoms with Crippen LogP contribution in [-0.2, 0) is 13.2 Å². The predicted molar refractivity (Wildman–Crippen MR) is 136 cm³/mol. The molecule has 208 valence electrons. The molecule has 0 spiro atoms. The second-order valence-corrected chi connectivity index (χ2v) is 11.0. The largest absolute Gasteiger partial charge is 0.420 e. The van der Waals surface area contributed by atoms with E-state index in [0.717, 1.165) is 12.8 Å². The van der Waals surface area contributed by atoms with Gasteiger partial charge in [0, 0.05) is 31.4 Å². The fourth-order valence-electron chi connectivity index (χ4n) is 5.81. The van der Waals surface area contributed by atoms with Crippen LogP contribution in [0, 0.1) is 17.7 Å². The molecule has 0 radical (unpaired) electrons. The molecule has 2 saturated carbocycles. The zero-order valence-corrected chi connectivity index (χ0v) is 22.1. The Morgan fingerprint density at radius 2 is 1.90 bits per heavy atom. The molecule has 3 aromatic rings. The highest BCUT2D eigenvalue weighted by atomic mass is 35.5. The van der Waals surface area contributed by atoms with Gasteiger partial charge in [-0.05, 0) is 55.7 Å². The second-order valence-electron chi connectivity index (χ2n) is 10.2. The van der Waals surface area contributed by atoms with E-state index >= 15 is 0 Å². The summed E-state index contributed by atoms with van der Waals surface area (Å²) < 4.78 is 53.8. The van der Waals surface area contributed by atoms with Crippen molar-refractivity contribution >= 4 is 40.7 Å². The lowest BCUT2D eigenvalue weighted by atomic mass is 9.92. The maximum atomic E-state index is 13.5. The molecule has 0 bridgehead atoms. The molecule has 1 amide bonds. The molecular formula is C25H24Cl2F4N6O2. The number of aliphatic hydroxyl groups is 1. The molecular weight excluding hydrogens is 563 g/mol. The molecule has 2 aromatic heterocycles. The Labute approximate surface area is 230 Å². The van der Waals surface area contributed by atoms with Crippen molar-refractivity contribution in [1.82, 2.24) is 19.5 Å². The van der Waals surface area contributed by atoms with E-state index in [1.807, 2.05) is 0 Å². The zero-order valence-electron chi connectivity index (χ0n) is 20.6. The summed E-state index contributed by atoms with van der Waals surface area (Å²) in [6, 6.07) is 3.94. The summed E-state index contributed by atoms with van der Waals surface area (Å²) in [5.41, 5.74) is -0.803. The van der Waals surface area contributed by atoms with Gasteiger partial charge in [-0.2, -0.15) is 13.2 Å². The van der Waals surface area contributed by atoms with Crippen LogP contribution in [0.4, 0.5) is 29.2 Å². The first kappa shape index (κ1) is 27.6. The molecule has 2 heterocycles. The van der Waals surface area contributed by atoms with E-state index in [2.05, 4.69) is 25.6 Å². The molecule has 2 unspecified atom stereocenters. The van der Waals surface area contributed by atoms with Gasteiger partial charge in [0.05, 0.1) is 22.6 Å². The highest BCUT2D eigenvalue weighted by molar-refractivity contribution is 6.31. The Morgan fingerprint density at radius 1 is 1.21 bits per heavy atom. The normalized spacial score (nSPS) is 24.6. The maximum Gasteiger partial charge on any atom is 0.420 e. The number of rotatable bonds is 6. The van der Waals surface area contributed by atoms with Crippen LogP contribution < -0.4 is 10.6 Å². The van der Waals surface area contributed by atoms with Crippen LogP contribution in [0.2, 0.25) is 10.2 Å². The van der Waals surface area contributed by atoms with Crippen molar-refractivity contribution in [3.63, 3.8) is 0 Å². The molecule has 0 aliphatic heterocycles. The number of amides is 1. The number of carbonyl (C=O) groups excluding carboxylic acids is 1. The van der Waals surface area contributed by atoms with Gasteiger partial charge in [0.25, 0.3) is 5.91 Å². The number of alkyl halides is 3. The smallest absolute Gasteiger partial charge is 0.388 e. The lowest BCUT2D eigenvalue weighted by Gasteiger charge is -2.25. The van der Waals surface area contributed by atoms with Gasteiger partial charge in [-0.3, -0.25) is 4.79 Å². The maximum absolute atomic E-state index is 13.5. The third kappa shape index (κ3) is 5.68. The van der Waals surface area contributed by atoms with E-state index in [9.17, 15) is 27.5 Å². The lowest BCUT2D eigenvalue weighted by Crippen LogP contribution is -2.35. The van der Waals surface area contributed by atoms with Gasteiger partial charge >= 0.3 is 6.18 Å². The number of aryl methyl sites for hydroxylation is 1. The Kier molecular flexibility index (Phi) is 7.23. The standard InChI is InChI=1S/C25H24Cl2F4N6O2/c1-37-11-34-19(20(37)22(38)35-15-2-3-18(28)17(26)6-15)12-4-13-7-24(39,8-14(13)5-12)10-33-23-32-9-16(21(27)36-23)25(29,30)31/h2-3,6,9,11-14,39H,4-5,7-8,10H2,1H3,(H,35,38)(H,32,33,36). The van der Waals surface area contributed by atoms with Gasteiger partial charge in [0.2, 0.25) is 5.95 Å². The summed E-state index contributed by atoms with van der Waals surface area (Å²) in [5.74, 6) is -0.711. The van der Waals surface area contributed by atoms with Crippen molar-refractivity contribution in [3.05, 3.63) is 63.7 Å². The number of fused-ring (bicyclic) bond motifs is 1. The van der Waals surface area contributed by atoms with Crippen molar-refractivity contribution in [2.24, 2.45) is 18.9 Å². The highest BCUT2D eigenvalue weighted by Crippen LogP contribution is 2.54. The number of anilines is 2. The molecule has 14 heteroatoms. The van der Waals surface area contributed by atoms with E-state index in [-0.39, 0.29) is 41.2 Å². The minimum absolute atomic E-state index is 0.00770. The first-order chi connectivity index (χ1) is 18.3. The minimum atomic E-state index is -4.66. The second kappa shape index (κ2) is 10.2. The van der Waals surface area contributed by atoms with Gasteiger partial charge in [-0.1, -0.05) is 23.2 Å². The molecule has 2 fully saturated rings. The molecule has 2 aliphatic carbocycles. The van der Waals surface area contributed by atoms with Crippen LogP contribution in [0.3, 0.4) is 0 Å². The van der Waals surface area contributed by atoms with E-state index < -0.39 is 28.3 Å². The third-order valence-corrected chi connectivity index (χ3v) is 8.07. The van der Waals surface area contributed by atoms with Crippen molar-refractivity contribution < 1.29 is 27.5 Å². The average molecular weight is 587 g/mol. The number of nitrogens with one attached hydrogen (secondary N) is 2.